The maximum Gasteiger partial charge on any atom is 0.270 e. The molecule has 116 valence electrons. The standard InChI is InChI=1S/C15H13N5O2S/c1-19(2)11-5-3-10(4-6-11)17-18-15-16-13-8-7-12(20(21)22)9-14(13)23-15/h3-9H,1-2H3. The summed E-state index contributed by atoms with van der Waals surface area (Å²) in [6, 6.07) is 12.2. The van der Waals surface area contributed by atoms with Crippen LogP contribution in [0.4, 0.5) is 22.2 Å². The minimum Gasteiger partial charge on any atom is -0.378 e. The SMILES string of the molecule is CN(C)c1ccc(N=Nc2nc3ccc([N+](=O)[O-])cc3s2)cc1. The third kappa shape index (κ3) is 3.32. The summed E-state index contributed by atoms with van der Waals surface area (Å²) in [4.78, 5) is 16.7. The van der Waals surface area contributed by atoms with Crippen molar-refractivity contribution in [2.24, 2.45) is 10.2 Å². The molecule has 0 N–H and O–H groups in total. The van der Waals surface area contributed by atoms with Gasteiger partial charge < -0.3 is 4.90 Å². The molecule has 0 aliphatic carbocycles. The maximum atomic E-state index is 10.8. The number of thiazole rings is 1. The molecule has 8 heteroatoms. The highest BCUT2D eigenvalue weighted by Gasteiger charge is 2.09. The number of aromatic nitrogens is 1. The first-order chi connectivity index (χ1) is 11.0. The second kappa shape index (κ2) is 6.09. The molecule has 0 aliphatic rings. The lowest BCUT2D eigenvalue weighted by Gasteiger charge is -2.11. The van der Waals surface area contributed by atoms with Gasteiger partial charge in [0.1, 0.15) is 0 Å². The van der Waals surface area contributed by atoms with Crippen molar-refractivity contribution in [1.29, 1.82) is 0 Å². The number of fused-ring (bicyclic) bond motifs is 1. The second-order valence-corrected chi connectivity index (χ2v) is 6.03. The zero-order valence-corrected chi connectivity index (χ0v) is 13.3. The predicted molar refractivity (Wildman–Crippen MR) is 91.2 cm³/mol. The van der Waals surface area contributed by atoms with Gasteiger partial charge >= 0.3 is 0 Å². The fourth-order valence-electron chi connectivity index (χ4n) is 1.98. The number of anilines is 1. The third-order valence-corrected chi connectivity index (χ3v) is 4.09. The van der Waals surface area contributed by atoms with Crippen molar-refractivity contribution in [2.75, 3.05) is 19.0 Å². The summed E-state index contributed by atoms with van der Waals surface area (Å²) >= 11 is 1.27. The molecule has 0 bridgehead atoms. The predicted octanol–water partition coefficient (Wildman–Crippen LogP) is 4.69. The summed E-state index contributed by atoms with van der Waals surface area (Å²) in [6.45, 7) is 0. The molecule has 0 aliphatic heterocycles. The fourth-order valence-corrected chi connectivity index (χ4v) is 2.80. The van der Waals surface area contributed by atoms with Crippen molar-refractivity contribution in [1.82, 2.24) is 4.98 Å². The van der Waals surface area contributed by atoms with E-state index in [0.29, 0.717) is 10.6 Å². The highest BCUT2D eigenvalue weighted by molar-refractivity contribution is 7.21. The van der Waals surface area contributed by atoms with E-state index >= 15 is 0 Å². The van der Waals surface area contributed by atoms with Gasteiger partial charge in [-0.2, -0.15) is 0 Å². The molecule has 0 amide bonds. The molecular formula is C15H13N5O2S. The summed E-state index contributed by atoms with van der Waals surface area (Å²) in [5.41, 5.74) is 2.53. The Morgan fingerprint density at radius 3 is 2.52 bits per heavy atom. The Balaban J connectivity index is 1.84. The molecule has 0 unspecified atom stereocenters. The number of non-ortho nitro benzene ring substituents is 1. The number of benzene rings is 2. The molecule has 0 spiro atoms. The molecule has 0 saturated carbocycles. The van der Waals surface area contributed by atoms with E-state index in [2.05, 4.69) is 15.2 Å². The van der Waals surface area contributed by atoms with E-state index in [-0.39, 0.29) is 5.69 Å². The van der Waals surface area contributed by atoms with Crippen LogP contribution in [-0.2, 0) is 0 Å². The summed E-state index contributed by atoms with van der Waals surface area (Å²) in [7, 11) is 3.94. The van der Waals surface area contributed by atoms with Gasteiger partial charge in [0, 0.05) is 31.9 Å². The first-order valence-corrected chi connectivity index (χ1v) is 7.59. The minimum absolute atomic E-state index is 0.0453. The quantitative estimate of drug-likeness (QED) is 0.395. The number of rotatable bonds is 4. The van der Waals surface area contributed by atoms with Crippen LogP contribution >= 0.6 is 11.3 Å². The largest absolute Gasteiger partial charge is 0.378 e. The molecule has 2 aromatic carbocycles. The van der Waals surface area contributed by atoms with Crippen LogP contribution in [0.25, 0.3) is 10.2 Å². The van der Waals surface area contributed by atoms with Crippen LogP contribution in [0.15, 0.2) is 52.7 Å². The Morgan fingerprint density at radius 1 is 1.13 bits per heavy atom. The lowest BCUT2D eigenvalue weighted by molar-refractivity contribution is -0.384. The van der Waals surface area contributed by atoms with E-state index in [1.165, 1.54) is 23.5 Å². The Morgan fingerprint density at radius 2 is 1.87 bits per heavy atom. The highest BCUT2D eigenvalue weighted by Crippen LogP contribution is 2.31. The average Bonchev–Trinajstić information content (AvgIpc) is 2.95. The summed E-state index contributed by atoms with van der Waals surface area (Å²) in [5.74, 6) is 0. The molecular weight excluding hydrogens is 314 g/mol. The highest BCUT2D eigenvalue weighted by atomic mass is 32.1. The lowest BCUT2D eigenvalue weighted by Crippen LogP contribution is -2.07. The van der Waals surface area contributed by atoms with Crippen LogP contribution in [0.1, 0.15) is 0 Å². The number of azo groups is 1. The van der Waals surface area contributed by atoms with E-state index in [4.69, 9.17) is 0 Å². The number of hydrogen-bond donors (Lipinski definition) is 0. The van der Waals surface area contributed by atoms with Crippen LogP contribution < -0.4 is 4.90 Å². The average molecular weight is 327 g/mol. The third-order valence-electron chi connectivity index (χ3n) is 3.19. The van der Waals surface area contributed by atoms with Crippen LogP contribution in [0.5, 0.6) is 0 Å². The smallest absolute Gasteiger partial charge is 0.270 e. The maximum absolute atomic E-state index is 10.8. The Hall–Kier alpha value is -2.87. The molecule has 0 fully saturated rings. The van der Waals surface area contributed by atoms with Crippen molar-refractivity contribution in [3.05, 3.63) is 52.6 Å². The van der Waals surface area contributed by atoms with Gasteiger partial charge in [0.2, 0.25) is 5.13 Å². The second-order valence-electron chi connectivity index (χ2n) is 5.02. The molecule has 3 rings (SSSR count). The summed E-state index contributed by atoms with van der Waals surface area (Å²) < 4.78 is 0.719. The van der Waals surface area contributed by atoms with E-state index in [0.717, 1.165) is 16.1 Å². The van der Waals surface area contributed by atoms with Crippen molar-refractivity contribution < 1.29 is 4.92 Å². The first kappa shape index (κ1) is 15.0. The number of nitro groups is 1. The molecule has 0 radical (unpaired) electrons. The fraction of sp³-hybridized carbons (Fsp3) is 0.133. The van der Waals surface area contributed by atoms with Gasteiger partial charge in [0.05, 0.1) is 20.8 Å². The minimum atomic E-state index is -0.424. The van der Waals surface area contributed by atoms with Crippen LogP contribution in [0, 0.1) is 10.1 Å². The summed E-state index contributed by atoms with van der Waals surface area (Å²) in [6.07, 6.45) is 0. The van der Waals surface area contributed by atoms with Gasteiger partial charge in [-0.25, -0.2) is 4.98 Å². The number of nitro benzene ring substituents is 1. The van der Waals surface area contributed by atoms with E-state index in [1.54, 1.807) is 6.07 Å². The Bertz CT molecular complexity index is 887. The molecule has 0 atom stereocenters. The zero-order valence-electron chi connectivity index (χ0n) is 12.5. The van der Waals surface area contributed by atoms with Gasteiger partial charge in [0.15, 0.2) is 0 Å². The van der Waals surface area contributed by atoms with Crippen molar-refractivity contribution >= 4 is 43.7 Å². The van der Waals surface area contributed by atoms with Crippen molar-refractivity contribution in [2.45, 2.75) is 0 Å². The number of nitrogens with zero attached hydrogens (tertiary/aromatic N) is 5. The first-order valence-electron chi connectivity index (χ1n) is 6.77. The summed E-state index contributed by atoms with van der Waals surface area (Å²) in [5, 5.41) is 19.5. The monoisotopic (exact) mass is 327 g/mol. The van der Waals surface area contributed by atoms with E-state index < -0.39 is 4.92 Å². The number of hydrogen-bond acceptors (Lipinski definition) is 7. The molecule has 1 heterocycles. The van der Waals surface area contributed by atoms with Crippen LogP contribution in [0.3, 0.4) is 0 Å². The molecule has 3 aromatic rings. The van der Waals surface area contributed by atoms with Gasteiger partial charge in [-0.1, -0.05) is 11.3 Å². The van der Waals surface area contributed by atoms with E-state index in [1.807, 2.05) is 43.3 Å². The normalized spacial score (nSPS) is 11.2. The van der Waals surface area contributed by atoms with Crippen molar-refractivity contribution in [3.63, 3.8) is 0 Å². The molecule has 1 aromatic heterocycles. The van der Waals surface area contributed by atoms with E-state index in [9.17, 15) is 10.1 Å². The Kier molecular flexibility index (Phi) is 3.98. The lowest BCUT2D eigenvalue weighted by atomic mass is 10.3. The van der Waals surface area contributed by atoms with Gasteiger partial charge in [0.25, 0.3) is 5.69 Å². The van der Waals surface area contributed by atoms with Gasteiger partial charge in [-0.15, -0.1) is 10.2 Å². The molecule has 7 nitrogen and oxygen atoms in total. The Labute approximate surface area is 136 Å². The molecule has 0 saturated heterocycles. The topological polar surface area (TPSA) is 84.0 Å². The van der Waals surface area contributed by atoms with Crippen LogP contribution in [-0.4, -0.2) is 24.0 Å². The molecule has 23 heavy (non-hydrogen) atoms. The van der Waals surface area contributed by atoms with Crippen LogP contribution in [0.2, 0.25) is 0 Å². The van der Waals surface area contributed by atoms with Crippen molar-refractivity contribution in [3.8, 4) is 0 Å². The van der Waals surface area contributed by atoms with Gasteiger partial charge in [-0.05, 0) is 30.3 Å². The van der Waals surface area contributed by atoms with Gasteiger partial charge in [-0.3, -0.25) is 10.1 Å². The zero-order chi connectivity index (χ0) is 16.4.